The topological polar surface area (TPSA) is 37.0 Å². The van der Waals surface area contributed by atoms with Gasteiger partial charge in [0.2, 0.25) is 0 Å². The zero-order valence-corrected chi connectivity index (χ0v) is 12.4. The Morgan fingerprint density at radius 3 is 2.81 bits per heavy atom. The van der Waals surface area contributed by atoms with Crippen LogP contribution in [0.5, 0.6) is 0 Å². The number of anilines is 1. The molecule has 3 heteroatoms. The van der Waals surface area contributed by atoms with Crippen LogP contribution >= 0.6 is 0 Å². The molecule has 3 nitrogen and oxygen atoms in total. The molecule has 1 fully saturated rings. The summed E-state index contributed by atoms with van der Waals surface area (Å²) in [5.41, 5.74) is 2.57. The van der Waals surface area contributed by atoms with Gasteiger partial charge in [-0.3, -0.25) is 0 Å². The summed E-state index contributed by atoms with van der Waals surface area (Å²) in [5.74, 6) is 1.56. The molecule has 1 saturated heterocycles. The molecule has 0 saturated carbocycles. The SMILES string of the molecule is c1ccc(CCNc2cccc([C@@H]3CCCNC3)n2)cc1. The summed E-state index contributed by atoms with van der Waals surface area (Å²) in [6.07, 6.45) is 3.52. The number of nitrogens with one attached hydrogen (secondary N) is 2. The molecule has 0 aliphatic carbocycles. The number of aromatic nitrogens is 1. The predicted octanol–water partition coefficient (Wildman–Crippen LogP) is 3.20. The lowest BCUT2D eigenvalue weighted by molar-refractivity contribution is 0.455. The van der Waals surface area contributed by atoms with Crippen LogP contribution in [0.2, 0.25) is 0 Å². The Labute approximate surface area is 126 Å². The van der Waals surface area contributed by atoms with Gasteiger partial charge in [-0.15, -0.1) is 0 Å². The Kier molecular flexibility index (Phi) is 4.85. The summed E-state index contributed by atoms with van der Waals surface area (Å²) < 4.78 is 0. The van der Waals surface area contributed by atoms with Gasteiger partial charge in [0.25, 0.3) is 0 Å². The highest BCUT2D eigenvalue weighted by Gasteiger charge is 2.16. The Hall–Kier alpha value is -1.87. The molecule has 2 heterocycles. The Morgan fingerprint density at radius 2 is 2.00 bits per heavy atom. The summed E-state index contributed by atoms with van der Waals surface area (Å²) in [6, 6.07) is 16.9. The highest BCUT2D eigenvalue weighted by atomic mass is 15.0. The van der Waals surface area contributed by atoms with Crippen molar-refractivity contribution in [1.82, 2.24) is 10.3 Å². The van der Waals surface area contributed by atoms with Crippen molar-refractivity contribution in [2.45, 2.75) is 25.2 Å². The van der Waals surface area contributed by atoms with E-state index in [0.717, 1.165) is 31.9 Å². The van der Waals surface area contributed by atoms with Crippen LogP contribution in [0.1, 0.15) is 30.0 Å². The van der Waals surface area contributed by atoms with E-state index >= 15 is 0 Å². The van der Waals surface area contributed by atoms with Crippen molar-refractivity contribution in [3.05, 3.63) is 59.8 Å². The van der Waals surface area contributed by atoms with E-state index in [1.54, 1.807) is 0 Å². The number of hydrogen-bond acceptors (Lipinski definition) is 3. The Balaban J connectivity index is 1.55. The van der Waals surface area contributed by atoms with Gasteiger partial charge < -0.3 is 10.6 Å². The molecule has 1 aromatic carbocycles. The molecule has 0 spiro atoms. The molecule has 0 radical (unpaired) electrons. The molecule has 21 heavy (non-hydrogen) atoms. The standard InChI is InChI=1S/C18H23N3/c1-2-6-15(7-3-1)11-13-20-18-10-4-9-17(21-18)16-8-5-12-19-14-16/h1-4,6-7,9-10,16,19H,5,8,11-14H2,(H,20,21)/t16-/m1/s1. The lowest BCUT2D eigenvalue weighted by Gasteiger charge is -2.22. The summed E-state index contributed by atoms with van der Waals surface area (Å²) in [7, 11) is 0. The van der Waals surface area contributed by atoms with Gasteiger partial charge in [-0.1, -0.05) is 36.4 Å². The maximum absolute atomic E-state index is 4.78. The van der Waals surface area contributed by atoms with Crippen molar-refractivity contribution in [3.8, 4) is 0 Å². The molecule has 2 aromatic rings. The highest BCUT2D eigenvalue weighted by molar-refractivity contribution is 5.36. The Morgan fingerprint density at radius 1 is 1.10 bits per heavy atom. The quantitative estimate of drug-likeness (QED) is 0.883. The van der Waals surface area contributed by atoms with Crippen molar-refractivity contribution in [2.24, 2.45) is 0 Å². The van der Waals surface area contributed by atoms with E-state index < -0.39 is 0 Å². The molecule has 110 valence electrons. The van der Waals surface area contributed by atoms with E-state index in [-0.39, 0.29) is 0 Å². The molecule has 0 amide bonds. The first kappa shape index (κ1) is 14.1. The fraction of sp³-hybridized carbons (Fsp3) is 0.389. The fourth-order valence-corrected chi connectivity index (χ4v) is 2.86. The minimum atomic E-state index is 0.564. The van der Waals surface area contributed by atoms with Gasteiger partial charge >= 0.3 is 0 Å². The molecule has 0 unspecified atom stereocenters. The van der Waals surface area contributed by atoms with Gasteiger partial charge in [0.05, 0.1) is 0 Å². The van der Waals surface area contributed by atoms with E-state index in [4.69, 9.17) is 4.98 Å². The summed E-state index contributed by atoms with van der Waals surface area (Å²) in [5, 5.41) is 6.90. The zero-order chi connectivity index (χ0) is 14.3. The van der Waals surface area contributed by atoms with Gasteiger partial charge in [-0.05, 0) is 43.5 Å². The van der Waals surface area contributed by atoms with Crippen molar-refractivity contribution in [1.29, 1.82) is 0 Å². The van der Waals surface area contributed by atoms with Gasteiger partial charge in [0.15, 0.2) is 0 Å². The molecule has 0 bridgehead atoms. The summed E-state index contributed by atoms with van der Waals surface area (Å²) >= 11 is 0. The van der Waals surface area contributed by atoms with Crippen molar-refractivity contribution in [3.63, 3.8) is 0 Å². The van der Waals surface area contributed by atoms with Crippen LogP contribution in [0.3, 0.4) is 0 Å². The third-order valence-electron chi connectivity index (χ3n) is 4.05. The molecular formula is C18H23N3. The molecule has 1 atom stereocenters. The summed E-state index contributed by atoms with van der Waals surface area (Å²) in [4.78, 5) is 4.78. The number of rotatable bonds is 5. The van der Waals surface area contributed by atoms with Crippen molar-refractivity contribution in [2.75, 3.05) is 25.0 Å². The predicted molar refractivity (Wildman–Crippen MR) is 87.7 cm³/mol. The molecule has 3 rings (SSSR count). The van der Waals surface area contributed by atoms with Crippen molar-refractivity contribution >= 4 is 5.82 Å². The van der Waals surface area contributed by atoms with Crippen molar-refractivity contribution < 1.29 is 0 Å². The smallest absolute Gasteiger partial charge is 0.126 e. The molecule has 1 aromatic heterocycles. The second-order valence-electron chi connectivity index (χ2n) is 5.65. The second kappa shape index (κ2) is 7.23. The lowest BCUT2D eigenvalue weighted by Crippen LogP contribution is -2.28. The minimum absolute atomic E-state index is 0.564. The van der Waals surface area contributed by atoms with Crippen LogP contribution in [0.4, 0.5) is 5.82 Å². The molecule has 2 N–H and O–H groups in total. The number of nitrogens with zero attached hydrogens (tertiary/aromatic N) is 1. The number of piperidine rings is 1. The van der Waals surface area contributed by atoms with Crippen LogP contribution in [0.25, 0.3) is 0 Å². The zero-order valence-electron chi connectivity index (χ0n) is 12.4. The molecular weight excluding hydrogens is 258 g/mol. The molecule has 1 aliphatic rings. The number of pyridine rings is 1. The number of benzene rings is 1. The van der Waals surface area contributed by atoms with E-state index in [0.29, 0.717) is 5.92 Å². The normalized spacial score (nSPS) is 18.4. The van der Waals surface area contributed by atoms with E-state index in [1.165, 1.54) is 24.1 Å². The third kappa shape index (κ3) is 4.05. The van der Waals surface area contributed by atoms with Crippen LogP contribution in [-0.4, -0.2) is 24.6 Å². The maximum atomic E-state index is 4.78. The lowest BCUT2D eigenvalue weighted by atomic mass is 9.96. The van der Waals surface area contributed by atoms with Gasteiger partial charge in [-0.25, -0.2) is 4.98 Å². The van der Waals surface area contributed by atoms with E-state index in [9.17, 15) is 0 Å². The summed E-state index contributed by atoms with van der Waals surface area (Å²) in [6.45, 7) is 3.12. The highest BCUT2D eigenvalue weighted by Crippen LogP contribution is 2.22. The van der Waals surface area contributed by atoms with Crippen LogP contribution < -0.4 is 10.6 Å². The Bertz CT molecular complexity index is 547. The van der Waals surface area contributed by atoms with Gasteiger partial charge in [0.1, 0.15) is 5.82 Å². The van der Waals surface area contributed by atoms with Crippen LogP contribution in [-0.2, 0) is 6.42 Å². The third-order valence-corrected chi connectivity index (χ3v) is 4.05. The van der Waals surface area contributed by atoms with Crippen LogP contribution in [0.15, 0.2) is 48.5 Å². The van der Waals surface area contributed by atoms with E-state index in [2.05, 4.69) is 59.2 Å². The number of hydrogen-bond donors (Lipinski definition) is 2. The largest absolute Gasteiger partial charge is 0.370 e. The monoisotopic (exact) mass is 281 g/mol. The first-order chi connectivity index (χ1) is 10.4. The van der Waals surface area contributed by atoms with Gasteiger partial charge in [-0.2, -0.15) is 0 Å². The average molecular weight is 281 g/mol. The van der Waals surface area contributed by atoms with Crippen LogP contribution in [0, 0.1) is 0 Å². The fourth-order valence-electron chi connectivity index (χ4n) is 2.86. The second-order valence-corrected chi connectivity index (χ2v) is 5.65. The minimum Gasteiger partial charge on any atom is -0.370 e. The average Bonchev–Trinajstić information content (AvgIpc) is 2.57. The maximum Gasteiger partial charge on any atom is 0.126 e. The van der Waals surface area contributed by atoms with Gasteiger partial charge in [0, 0.05) is 24.7 Å². The first-order valence-corrected chi connectivity index (χ1v) is 7.87. The molecule has 1 aliphatic heterocycles. The first-order valence-electron chi connectivity index (χ1n) is 7.87. The van der Waals surface area contributed by atoms with E-state index in [1.807, 2.05) is 0 Å².